The van der Waals surface area contributed by atoms with Gasteiger partial charge in [0.2, 0.25) is 5.91 Å². The fraction of sp³-hybridized carbons (Fsp3) is 0.714. The molecule has 2 nitrogen and oxygen atoms in total. The quantitative estimate of drug-likeness (QED) is 0.432. The minimum atomic E-state index is -0.0204. The molecule has 1 fully saturated rings. The van der Waals surface area contributed by atoms with Crippen LogP contribution in [0.2, 0.25) is 0 Å². The lowest BCUT2D eigenvalue weighted by Gasteiger charge is -2.12. The second-order valence-corrected chi connectivity index (χ2v) is 4.24. The van der Waals surface area contributed by atoms with E-state index in [9.17, 15) is 4.79 Å². The van der Waals surface area contributed by atoms with Crippen LogP contribution in [-0.4, -0.2) is 33.2 Å². The number of halogens is 1. The Balaban J connectivity index is 2.60. The maximum Gasteiger partial charge on any atom is 0.230 e. The molecule has 0 spiro atoms. The molecular formula is C7H10INOS. The number of hydrogen-bond donors (Lipinski definition) is 0. The predicted molar refractivity (Wildman–Crippen MR) is 57.2 cm³/mol. The maximum absolute atomic E-state index is 11.3. The summed E-state index contributed by atoms with van der Waals surface area (Å²) in [5, 5.41) is 0. The van der Waals surface area contributed by atoms with Gasteiger partial charge in [-0.25, -0.2) is 0 Å². The van der Waals surface area contributed by atoms with Crippen LogP contribution in [0.4, 0.5) is 0 Å². The van der Waals surface area contributed by atoms with Gasteiger partial charge >= 0.3 is 0 Å². The van der Waals surface area contributed by atoms with E-state index < -0.39 is 0 Å². The van der Waals surface area contributed by atoms with Gasteiger partial charge in [-0.1, -0.05) is 34.8 Å². The van der Waals surface area contributed by atoms with E-state index in [1.807, 2.05) is 11.8 Å². The van der Waals surface area contributed by atoms with Gasteiger partial charge in [0.05, 0.1) is 12.5 Å². The van der Waals surface area contributed by atoms with Crippen LogP contribution in [0, 0.1) is 5.92 Å². The van der Waals surface area contributed by atoms with Gasteiger partial charge in [-0.15, -0.1) is 0 Å². The Kier molecular flexibility index (Phi) is 3.24. The molecule has 0 aromatic carbocycles. The fourth-order valence-electron chi connectivity index (χ4n) is 1.11. The van der Waals surface area contributed by atoms with Crippen molar-refractivity contribution in [2.75, 3.05) is 17.5 Å². The Labute approximate surface area is 85.5 Å². The average molecular weight is 283 g/mol. The Morgan fingerprint density at radius 3 is 2.82 bits per heavy atom. The summed E-state index contributed by atoms with van der Waals surface area (Å²) in [4.78, 5) is 14.1. The van der Waals surface area contributed by atoms with Gasteiger partial charge in [-0.3, -0.25) is 4.79 Å². The van der Waals surface area contributed by atoms with Crippen LogP contribution in [0.15, 0.2) is 0 Å². The molecule has 11 heavy (non-hydrogen) atoms. The first-order chi connectivity index (χ1) is 5.16. The molecule has 0 aromatic heterocycles. The smallest absolute Gasteiger partial charge is 0.230 e. The second-order valence-electron chi connectivity index (χ2n) is 2.64. The molecule has 1 heterocycles. The van der Waals surface area contributed by atoms with Crippen LogP contribution in [0.1, 0.15) is 6.92 Å². The van der Waals surface area contributed by atoms with E-state index in [0.717, 1.165) is 15.8 Å². The average Bonchev–Trinajstić information content (AvgIpc) is 2.19. The molecule has 4 heteroatoms. The van der Waals surface area contributed by atoms with E-state index in [4.69, 9.17) is 12.2 Å². The van der Waals surface area contributed by atoms with Gasteiger partial charge < -0.3 is 4.90 Å². The lowest BCUT2D eigenvalue weighted by Crippen LogP contribution is -2.28. The molecule has 1 amide bonds. The highest BCUT2D eigenvalue weighted by molar-refractivity contribution is 14.1. The van der Waals surface area contributed by atoms with Crippen molar-refractivity contribution in [2.24, 2.45) is 5.92 Å². The summed E-state index contributed by atoms with van der Waals surface area (Å²) in [5.74, 6) is 0.180. The fourth-order valence-corrected chi connectivity index (χ4v) is 1.94. The van der Waals surface area contributed by atoms with E-state index in [2.05, 4.69) is 22.6 Å². The first kappa shape index (κ1) is 9.38. The van der Waals surface area contributed by atoms with Crippen LogP contribution in [0.3, 0.4) is 0 Å². The lowest BCUT2D eigenvalue weighted by molar-refractivity contribution is -0.129. The minimum Gasteiger partial charge on any atom is -0.337 e. The SMILES string of the molecule is CC1C(=O)N(CCI)CC1=S. The monoisotopic (exact) mass is 283 g/mol. The van der Waals surface area contributed by atoms with Crippen molar-refractivity contribution in [3.8, 4) is 0 Å². The van der Waals surface area contributed by atoms with Crippen molar-refractivity contribution in [3.05, 3.63) is 0 Å². The molecule has 1 rings (SSSR count). The Hall–Kier alpha value is 0.290. The normalized spacial score (nSPS) is 24.9. The van der Waals surface area contributed by atoms with E-state index in [-0.39, 0.29) is 11.8 Å². The number of thiocarbonyl (C=S) groups is 1. The van der Waals surface area contributed by atoms with Crippen molar-refractivity contribution in [3.63, 3.8) is 0 Å². The summed E-state index contributed by atoms with van der Waals surface area (Å²) >= 11 is 7.31. The van der Waals surface area contributed by atoms with E-state index in [1.54, 1.807) is 0 Å². The van der Waals surface area contributed by atoms with Crippen LogP contribution >= 0.6 is 34.8 Å². The summed E-state index contributed by atoms with van der Waals surface area (Å²) in [6.07, 6.45) is 0. The first-order valence-corrected chi connectivity index (χ1v) is 5.47. The third-order valence-corrected chi connectivity index (χ3v) is 2.83. The zero-order chi connectivity index (χ0) is 8.43. The standard InChI is InChI=1S/C7H10INOS/c1-5-6(11)4-9(3-2-8)7(5)10/h5H,2-4H2,1H3. The number of rotatable bonds is 2. The van der Waals surface area contributed by atoms with Gasteiger partial charge in [0, 0.05) is 15.8 Å². The minimum absolute atomic E-state index is 0.0204. The molecule has 0 bridgehead atoms. The Morgan fingerprint density at radius 2 is 2.45 bits per heavy atom. The van der Waals surface area contributed by atoms with Crippen LogP contribution in [-0.2, 0) is 4.79 Å². The summed E-state index contributed by atoms with van der Waals surface area (Å²) in [6, 6.07) is 0. The molecule has 0 aromatic rings. The Bertz CT molecular complexity index is 195. The number of nitrogens with zero attached hydrogens (tertiary/aromatic N) is 1. The van der Waals surface area contributed by atoms with Gasteiger partial charge in [0.25, 0.3) is 0 Å². The third kappa shape index (κ3) is 1.90. The number of likely N-dealkylation sites (tertiary alicyclic amines) is 1. The summed E-state index contributed by atoms with van der Waals surface area (Å²) in [6.45, 7) is 3.42. The molecule has 1 atom stereocenters. The predicted octanol–water partition coefficient (Wildman–Crippen LogP) is 1.27. The summed E-state index contributed by atoms with van der Waals surface area (Å²) < 4.78 is 0.985. The molecule has 1 unspecified atom stereocenters. The molecule has 0 aliphatic carbocycles. The van der Waals surface area contributed by atoms with Crippen LogP contribution in [0.25, 0.3) is 0 Å². The lowest BCUT2D eigenvalue weighted by atomic mass is 10.1. The second kappa shape index (κ2) is 3.80. The third-order valence-electron chi connectivity index (χ3n) is 1.87. The number of alkyl halides is 1. The van der Waals surface area contributed by atoms with Crippen molar-refractivity contribution >= 4 is 45.6 Å². The van der Waals surface area contributed by atoms with Crippen LogP contribution < -0.4 is 0 Å². The highest BCUT2D eigenvalue weighted by atomic mass is 127. The van der Waals surface area contributed by atoms with Gasteiger partial charge in [-0.2, -0.15) is 0 Å². The number of amides is 1. The van der Waals surface area contributed by atoms with Gasteiger partial charge in [-0.05, 0) is 6.92 Å². The van der Waals surface area contributed by atoms with E-state index >= 15 is 0 Å². The van der Waals surface area contributed by atoms with Gasteiger partial charge in [0.1, 0.15) is 0 Å². The summed E-state index contributed by atoms with van der Waals surface area (Å²) in [7, 11) is 0. The zero-order valence-corrected chi connectivity index (χ0v) is 9.31. The van der Waals surface area contributed by atoms with Crippen molar-refractivity contribution in [2.45, 2.75) is 6.92 Å². The van der Waals surface area contributed by atoms with Gasteiger partial charge in [0.15, 0.2) is 0 Å². The maximum atomic E-state index is 11.3. The molecule has 1 saturated heterocycles. The molecule has 1 aliphatic rings. The van der Waals surface area contributed by atoms with Crippen molar-refractivity contribution in [1.82, 2.24) is 4.90 Å². The number of carbonyl (C=O) groups excluding carboxylic acids is 1. The van der Waals surface area contributed by atoms with Crippen molar-refractivity contribution < 1.29 is 4.79 Å². The highest BCUT2D eigenvalue weighted by Crippen LogP contribution is 2.15. The van der Waals surface area contributed by atoms with Crippen molar-refractivity contribution in [1.29, 1.82) is 0 Å². The topological polar surface area (TPSA) is 20.3 Å². The summed E-state index contributed by atoms with van der Waals surface area (Å²) in [5.41, 5.74) is 0. The number of carbonyl (C=O) groups is 1. The van der Waals surface area contributed by atoms with Crippen LogP contribution in [0.5, 0.6) is 0 Å². The molecule has 0 saturated carbocycles. The molecular weight excluding hydrogens is 273 g/mol. The number of hydrogen-bond acceptors (Lipinski definition) is 2. The molecule has 0 radical (unpaired) electrons. The largest absolute Gasteiger partial charge is 0.337 e. The first-order valence-electron chi connectivity index (χ1n) is 3.54. The Morgan fingerprint density at radius 1 is 1.82 bits per heavy atom. The molecule has 1 aliphatic heterocycles. The van der Waals surface area contributed by atoms with E-state index in [0.29, 0.717) is 6.54 Å². The molecule has 0 N–H and O–H groups in total. The van der Waals surface area contributed by atoms with E-state index in [1.165, 1.54) is 0 Å². The zero-order valence-electron chi connectivity index (χ0n) is 6.34. The highest BCUT2D eigenvalue weighted by Gasteiger charge is 2.31. The molecule has 62 valence electrons.